The number of aromatic nitrogens is 1. The Labute approximate surface area is 202 Å². The van der Waals surface area contributed by atoms with Crippen LogP contribution in [0.5, 0.6) is 0 Å². The van der Waals surface area contributed by atoms with Crippen LogP contribution in [0.4, 0.5) is 5.13 Å². The molecule has 14 heteroatoms. The number of nitrogens with zero attached hydrogens (tertiary/aromatic N) is 3. The fraction of sp³-hybridized carbons (Fsp3) is 0.400. The third-order valence-electron chi connectivity index (χ3n) is 4.47. The fourth-order valence-corrected chi connectivity index (χ4v) is 5.02. The molecular weight excluding hydrogens is 486 g/mol. The molecule has 2 amide bonds. The topological polar surface area (TPSA) is 174 Å². The minimum atomic E-state index is -1.26. The minimum absolute atomic E-state index is 0.0872. The Hall–Kier alpha value is -3.39. The van der Waals surface area contributed by atoms with E-state index in [2.05, 4.69) is 22.0 Å². The number of thioether (sulfide) groups is 1. The zero-order valence-electron chi connectivity index (χ0n) is 18.6. The Kier molecular flexibility index (Phi) is 7.31. The summed E-state index contributed by atoms with van der Waals surface area (Å²) in [6, 6.07) is -0.995. The lowest BCUT2D eigenvalue weighted by molar-refractivity contribution is -0.160. The van der Waals surface area contributed by atoms with E-state index in [1.807, 2.05) is 0 Å². The zero-order valence-corrected chi connectivity index (χ0v) is 20.2. The standard InChI is InChI=1S/C20H23N5O7S2/c1-5-9-7-33-17-13(16(28)25(17)14(9)18(29)30)23-15(27)12(10-8-34-19(21)22-10)24-31-6-11(26)32-20(2,3)4/h5,8,13,17H,1,6-7H2,2-4H3,(H2,21,22)(H,23,27)(H,29,30)/t13?,17-/m0/s1. The Morgan fingerprint density at radius 3 is 2.71 bits per heavy atom. The number of allylic oxidation sites excluding steroid dienone is 1. The predicted octanol–water partition coefficient (Wildman–Crippen LogP) is 0.712. The summed E-state index contributed by atoms with van der Waals surface area (Å²) in [6.07, 6.45) is 1.39. The highest BCUT2D eigenvalue weighted by Crippen LogP contribution is 2.40. The van der Waals surface area contributed by atoms with Gasteiger partial charge in [0.15, 0.2) is 10.8 Å². The van der Waals surface area contributed by atoms with E-state index < -0.39 is 47.4 Å². The van der Waals surface area contributed by atoms with Gasteiger partial charge in [0.2, 0.25) is 6.61 Å². The zero-order chi connectivity index (χ0) is 25.2. The number of carbonyl (C=O) groups excluding carboxylic acids is 3. The van der Waals surface area contributed by atoms with Crippen LogP contribution in [0.2, 0.25) is 0 Å². The maximum absolute atomic E-state index is 13.0. The molecule has 2 aliphatic rings. The number of aliphatic carboxylic acids is 1. The number of fused-ring (bicyclic) bond motifs is 1. The third kappa shape index (κ3) is 5.39. The highest BCUT2D eigenvalue weighted by Gasteiger charge is 2.54. The van der Waals surface area contributed by atoms with Gasteiger partial charge >= 0.3 is 11.9 Å². The first-order valence-corrected chi connectivity index (χ1v) is 11.8. The number of rotatable bonds is 8. The van der Waals surface area contributed by atoms with E-state index in [0.717, 1.165) is 16.2 Å². The van der Waals surface area contributed by atoms with E-state index in [0.29, 0.717) is 11.3 Å². The van der Waals surface area contributed by atoms with E-state index in [4.69, 9.17) is 15.3 Å². The molecule has 2 atom stereocenters. The largest absolute Gasteiger partial charge is 0.477 e. The van der Waals surface area contributed by atoms with Crippen molar-refractivity contribution in [3.8, 4) is 0 Å². The SMILES string of the molecule is C=CC1=C(C(=O)O)N2C(=O)C(NC(=O)C(=NOCC(=O)OC(C)(C)C)c3csc(N)n3)[C@@H]2SC1. The van der Waals surface area contributed by atoms with Crippen LogP contribution < -0.4 is 11.1 Å². The highest BCUT2D eigenvalue weighted by molar-refractivity contribution is 8.00. The number of nitrogen functional groups attached to an aromatic ring is 1. The van der Waals surface area contributed by atoms with Gasteiger partial charge in [-0.05, 0) is 26.3 Å². The van der Waals surface area contributed by atoms with Crippen LogP contribution in [0.25, 0.3) is 0 Å². The van der Waals surface area contributed by atoms with Gasteiger partial charge in [-0.3, -0.25) is 14.5 Å². The number of hydrogen-bond donors (Lipinski definition) is 3. The van der Waals surface area contributed by atoms with Crippen LogP contribution in [-0.4, -0.2) is 73.8 Å². The van der Waals surface area contributed by atoms with Crippen LogP contribution in [0.15, 0.2) is 34.5 Å². The first kappa shape index (κ1) is 25.2. The quantitative estimate of drug-likeness (QED) is 0.196. The van der Waals surface area contributed by atoms with Gasteiger partial charge in [0.25, 0.3) is 11.8 Å². The molecule has 3 heterocycles. The molecule has 1 fully saturated rings. The number of esters is 1. The molecule has 0 aromatic carbocycles. The Morgan fingerprint density at radius 1 is 1.44 bits per heavy atom. The fourth-order valence-electron chi connectivity index (χ4n) is 3.13. The van der Waals surface area contributed by atoms with Gasteiger partial charge in [0.05, 0.1) is 0 Å². The average Bonchev–Trinajstić information content (AvgIpc) is 3.18. The lowest BCUT2D eigenvalue weighted by Crippen LogP contribution is -2.71. The van der Waals surface area contributed by atoms with Gasteiger partial charge in [0.1, 0.15) is 28.4 Å². The second-order valence-corrected chi connectivity index (χ2v) is 10.1. The van der Waals surface area contributed by atoms with Crippen molar-refractivity contribution in [3.05, 3.63) is 35.0 Å². The van der Waals surface area contributed by atoms with Crippen molar-refractivity contribution in [1.29, 1.82) is 0 Å². The van der Waals surface area contributed by atoms with E-state index in [-0.39, 0.29) is 22.2 Å². The summed E-state index contributed by atoms with van der Waals surface area (Å²) in [5, 5.41) is 16.8. The number of nitrogens with two attached hydrogens (primary N) is 1. The number of anilines is 1. The number of thiazole rings is 1. The summed E-state index contributed by atoms with van der Waals surface area (Å²) < 4.78 is 5.12. The number of carboxylic acids is 1. The lowest BCUT2D eigenvalue weighted by Gasteiger charge is -2.49. The number of ether oxygens (including phenoxy) is 1. The Morgan fingerprint density at radius 2 is 2.15 bits per heavy atom. The van der Waals surface area contributed by atoms with E-state index >= 15 is 0 Å². The molecule has 1 saturated heterocycles. The second kappa shape index (κ2) is 9.85. The van der Waals surface area contributed by atoms with Crippen molar-refractivity contribution in [2.24, 2.45) is 5.16 Å². The van der Waals surface area contributed by atoms with Gasteiger partial charge in [0, 0.05) is 11.1 Å². The number of β-lactam (4-membered cyclic amide) rings is 1. The van der Waals surface area contributed by atoms with E-state index in [1.165, 1.54) is 23.2 Å². The van der Waals surface area contributed by atoms with E-state index in [9.17, 15) is 24.3 Å². The summed E-state index contributed by atoms with van der Waals surface area (Å²) in [5.41, 5.74) is 4.98. The van der Waals surface area contributed by atoms with Gasteiger partial charge < -0.3 is 25.7 Å². The Balaban J connectivity index is 1.75. The molecule has 1 aromatic heterocycles. The van der Waals surface area contributed by atoms with Gasteiger partial charge in [-0.25, -0.2) is 14.6 Å². The molecule has 3 rings (SSSR count). The first-order chi connectivity index (χ1) is 15.9. The number of carboxylic acid groups (broad SMARTS) is 1. The number of carbonyl (C=O) groups is 4. The average molecular weight is 510 g/mol. The van der Waals surface area contributed by atoms with Crippen molar-refractivity contribution in [3.63, 3.8) is 0 Å². The van der Waals surface area contributed by atoms with Crippen LogP contribution >= 0.6 is 23.1 Å². The smallest absolute Gasteiger partial charge is 0.352 e. The van der Waals surface area contributed by atoms with Crippen molar-refractivity contribution < 1.29 is 33.9 Å². The first-order valence-electron chi connectivity index (χ1n) is 9.90. The van der Waals surface area contributed by atoms with Crippen molar-refractivity contribution in [1.82, 2.24) is 15.2 Å². The lowest BCUT2D eigenvalue weighted by atomic mass is 10.0. The van der Waals surface area contributed by atoms with Crippen molar-refractivity contribution >= 4 is 57.7 Å². The molecular formula is C20H23N5O7S2. The Bertz CT molecular complexity index is 1110. The molecule has 0 saturated carbocycles. The molecule has 34 heavy (non-hydrogen) atoms. The van der Waals surface area contributed by atoms with Crippen LogP contribution in [-0.2, 0) is 28.8 Å². The molecule has 0 bridgehead atoms. The molecule has 182 valence electrons. The minimum Gasteiger partial charge on any atom is -0.477 e. The maximum atomic E-state index is 13.0. The van der Waals surface area contributed by atoms with Crippen molar-refractivity contribution in [2.75, 3.05) is 18.1 Å². The second-order valence-electron chi connectivity index (χ2n) is 8.11. The summed E-state index contributed by atoms with van der Waals surface area (Å²) in [4.78, 5) is 59.3. The maximum Gasteiger partial charge on any atom is 0.352 e. The summed E-state index contributed by atoms with van der Waals surface area (Å²) in [6.45, 7) is 8.11. The number of amides is 2. The number of nitrogens with one attached hydrogen (secondary N) is 1. The molecule has 0 radical (unpaired) electrons. The molecule has 1 unspecified atom stereocenters. The molecule has 2 aliphatic heterocycles. The number of hydrogen-bond acceptors (Lipinski definition) is 11. The van der Waals surface area contributed by atoms with Crippen molar-refractivity contribution in [2.45, 2.75) is 37.8 Å². The summed E-state index contributed by atoms with van der Waals surface area (Å²) in [7, 11) is 0. The molecule has 0 spiro atoms. The number of oxime groups is 1. The van der Waals surface area contributed by atoms with Crippen LogP contribution in [0.1, 0.15) is 26.5 Å². The van der Waals surface area contributed by atoms with Gasteiger partial charge in [-0.15, -0.1) is 23.1 Å². The van der Waals surface area contributed by atoms with Crippen LogP contribution in [0.3, 0.4) is 0 Å². The molecule has 0 aliphatic carbocycles. The third-order valence-corrected chi connectivity index (χ3v) is 6.45. The predicted molar refractivity (Wildman–Crippen MR) is 125 cm³/mol. The summed E-state index contributed by atoms with van der Waals surface area (Å²) in [5.74, 6) is -3.02. The van der Waals surface area contributed by atoms with E-state index in [1.54, 1.807) is 20.8 Å². The monoisotopic (exact) mass is 509 g/mol. The molecule has 4 N–H and O–H groups in total. The molecule has 12 nitrogen and oxygen atoms in total. The summed E-state index contributed by atoms with van der Waals surface area (Å²) >= 11 is 2.35. The van der Waals surface area contributed by atoms with Gasteiger partial charge in [-0.1, -0.05) is 17.8 Å². The van der Waals surface area contributed by atoms with Crippen LogP contribution in [0, 0.1) is 0 Å². The van der Waals surface area contributed by atoms with Gasteiger partial charge in [-0.2, -0.15) is 0 Å². The highest BCUT2D eigenvalue weighted by atomic mass is 32.2. The molecule has 1 aromatic rings. The normalized spacial score (nSPS) is 20.3.